The third kappa shape index (κ3) is 4.05. The highest BCUT2D eigenvalue weighted by Gasteiger charge is 2.20. The average molecular weight is 207 g/mol. The molecule has 0 rings (SSSR count). The molecule has 0 aromatic carbocycles. The third-order valence-corrected chi connectivity index (χ3v) is 2.49. The first-order valence-corrected chi connectivity index (χ1v) is 5.22. The number of carbonyl (C=O) groups excluding carboxylic acids is 1. The minimum atomic E-state index is -4.48. The molecular formula is C7H13NO4S. The van der Waals surface area contributed by atoms with Crippen molar-refractivity contribution in [2.45, 2.75) is 20.3 Å². The monoisotopic (exact) mass is 207 g/mol. The van der Waals surface area contributed by atoms with Crippen LogP contribution in [0.3, 0.4) is 0 Å². The highest BCUT2D eigenvalue weighted by Crippen LogP contribution is 2.10. The number of primary amides is 1. The summed E-state index contributed by atoms with van der Waals surface area (Å²) < 4.78 is 29.8. The maximum atomic E-state index is 10.6. The molecule has 3 N–H and O–H groups in total. The first kappa shape index (κ1) is 12.1. The molecule has 13 heavy (non-hydrogen) atoms. The van der Waals surface area contributed by atoms with Crippen molar-refractivity contribution in [2.24, 2.45) is 11.7 Å². The average Bonchev–Trinajstić information content (AvgIpc) is 1.96. The molecule has 0 aliphatic heterocycles. The molecule has 0 aromatic rings. The summed E-state index contributed by atoms with van der Waals surface area (Å²) in [5.41, 5.74) is 4.78. The zero-order valence-corrected chi connectivity index (χ0v) is 8.34. The summed E-state index contributed by atoms with van der Waals surface area (Å²) in [6, 6.07) is 0. The van der Waals surface area contributed by atoms with Gasteiger partial charge in [0.2, 0.25) is 0 Å². The Kier molecular flexibility index (Phi) is 4.09. The van der Waals surface area contributed by atoms with Gasteiger partial charge in [0.05, 0.1) is 0 Å². The second-order valence-corrected chi connectivity index (χ2v) is 4.15. The van der Waals surface area contributed by atoms with Gasteiger partial charge in [0, 0.05) is 0 Å². The van der Waals surface area contributed by atoms with E-state index in [2.05, 4.69) is 0 Å². The highest BCUT2D eigenvalue weighted by molar-refractivity contribution is 7.90. The van der Waals surface area contributed by atoms with Crippen molar-refractivity contribution in [2.75, 3.05) is 0 Å². The van der Waals surface area contributed by atoms with E-state index >= 15 is 0 Å². The van der Waals surface area contributed by atoms with Crippen LogP contribution < -0.4 is 5.73 Å². The lowest BCUT2D eigenvalue weighted by Crippen LogP contribution is -2.21. The van der Waals surface area contributed by atoms with Crippen LogP contribution in [-0.4, -0.2) is 18.9 Å². The molecule has 0 bridgehead atoms. The van der Waals surface area contributed by atoms with Crippen molar-refractivity contribution in [3.05, 3.63) is 11.0 Å². The maximum absolute atomic E-state index is 10.6. The van der Waals surface area contributed by atoms with Gasteiger partial charge >= 0.3 is 0 Å². The van der Waals surface area contributed by atoms with Crippen LogP contribution in [0.2, 0.25) is 0 Å². The van der Waals surface area contributed by atoms with Crippen LogP contribution in [0.4, 0.5) is 0 Å². The van der Waals surface area contributed by atoms with Crippen LogP contribution in [0.15, 0.2) is 11.0 Å². The number of carbonyl (C=O) groups is 1. The van der Waals surface area contributed by atoms with E-state index < -0.39 is 20.9 Å². The van der Waals surface area contributed by atoms with Gasteiger partial charge in [-0.3, -0.25) is 9.35 Å². The van der Waals surface area contributed by atoms with Crippen LogP contribution >= 0.6 is 0 Å². The molecule has 0 saturated heterocycles. The smallest absolute Gasteiger partial charge is 0.299 e. The molecule has 0 aliphatic carbocycles. The van der Waals surface area contributed by atoms with Gasteiger partial charge in [0.25, 0.3) is 16.0 Å². The van der Waals surface area contributed by atoms with Crippen LogP contribution in [0, 0.1) is 5.92 Å². The second-order valence-electron chi connectivity index (χ2n) is 2.76. The lowest BCUT2D eigenvalue weighted by atomic mass is 10.1. The Balaban J connectivity index is 5.06. The topological polar surface area (TPSA) is 97.5 Å². The predicted molar refractivity (Wildman–Crippen MR) is 48.3 cm³/mol. The lowest BCUT2D eigenvalue weighted by molar-refractivity contribution is -0.114. The Bertz CT molecular complexity index is 317. The SMILES string of the molecule is CCC(C)/C=C(\C(N)=O)S(=O)(=O)O. The molecule has 0 spiro atoms. The van der Waals surface area contributed by atoms with E-state index in [1.807, 2.05) is 6.92 Å². The number of hydrogen-bond donors (Lipinski definition) is 2. The van der Waals surface area contributed by atoms with E-state index in [-0.39, 0.29) is 5.92 Å². The van der Waals surface area contributed by atoms with Gasteiger partial charge in [-0.25, -0.2) is 0 Å². The quantitative estimate of drug-likeness (QED) is 0.511. The molecule has 6 heteroatoms. The molecule has 76 valence electrons. The number of amides is 1. The molecule has 0 saturated carbocycles. The maximum Gasteiger partial charge on any atom is 0.299 e. The number of nitrogens with two attached hydrogens (primary N) is 1. The first-order chi connectivity index (χ1) is 5.79. The van der Waals surface area contributed by atoms with Crippen molar-refractivity contribution in [3.63, 3.8) is 0 Å². The van der Waals surface area contributed by atoms with E-state index in [1.165, 1.54) is 0 Å². The molecule has 0 aliphatic rings. The van der Waals surface area contributed by atoms with Crippen molar-refractivity contribution in [1.29, 1.82) is 0 Å². The standard InChI is InChI=1S/C7H13NO4S/c1-3-5(2)4-6(7(8)9)13(10,11)12/h4-5H,3H2,1-2H3,(H2,8,9)(H,10,11,12)/b6-4+. The minimum absolute atomic E-state index is 0.121. The van der Waals surface area contributed by atoms with E-state index in [4.69, 9.17) is 10.3 Å². The van der Waals surface area contributed by atoms with Gasteiger partial charge in [-0.05, 0) is 5.92 Å². The summed E-state index contributed by atoms with van der Waals surface area (Å²) in [6.45, 7) is 3.54. The number of hydrogen-bond acceptors (Lipinski definition) is 3. The number of allylic oxidation sites excluding steroid dienone is 1. The molecular weight excluding hydrogens is 194 g/mol. The molecule has 0 radical (unpaired) electrons. The van der Waals surface area contributed by atoms with Crippen LogP contribution in [0.5, 0.6) is 0 Å². The highest BCUT2D eigenvalue weighted by atomic mass is 32.2. The van der Waals surface area contributed by atoms with Gasteiger partial charge in [-0.2, -0.15) is 8.42 Å². The second kappa shape index (κ2) is 4.38. The minimum Gasteiger partial charge on any atom is -0.365 e. The molecule has 5 nitrogen and oxygen atoms in total. The zero-order valence-electron chi connectivity index (χ0n) is 7.52. The Morgan fingerprint density at radius 3 is 2.31 bits per heavy atom. The van der Waals surface area contributed by atoms with Crippen LogP contribution in [-0.2, 0) is 14.9 Å². The van der Waals surface area contributed by atoms with E-state index in [0.717, 1.165) is 6.08 Å². The molecule has 1 atom stereocenters. The Labute approximate surface area is 77.4 Å². The van der Waals surface area contributed by atoms with Crippen molar-refractivity contribution in [3.8, 4) is 0 Å². The van der Waals surface area contributed by atoms with Crippen molar-refractivity contribution in [1.82, 2.24) is 0 Å². The predicted octanol–water partition coefficient (Wildman–Crippen LogP) is 0.290. The summed E-state index contributed by atoms with van der Waals surface area (Å²) in [5, 5.41) is 0. The fourth-order valence-electron chi connectivity index (χ4n) is 0.672. The summed E-state index contributed by atoms with van der Waals surface area (Å²) in [6.07, 6.45) is 1.81. The first-order valence-electron chi connectivity index (χ1n) is 3.78. The summed E-state index contributed by atoms with van der Waals surface area (Å²) in [5.74, 6) is -1.26. The summed E-state index contributed by atoms with van der Waals surface area (Å²) in [7, 11) is -4.48. The Morgan fingerprint density at radius 2 is 2.08 bits per heavy atom. The Hall–Kier alpha value is -0.880. The molecule has 0 aromatic heterocycles. The van der Waals surface area contributed by atoms with Gasteiger partial charge in [0.1, 0.15) is 0 Å². The van der Waals surface area contributed by atoms with Gasteiger partial charge in [0.15, 0.2) is 4.91 Å². The molecule has 0 fully saturated rings. The number of rotatable bonds is 4. The van der Waals surface area contributed by atoms with Gasteiger partial charge in [-0.15, -0.1) is 0 Å². The van der Waals surface area contributed by atoms with Gasteiger partial charge < -0.3 is 5.73 Å². The van der Waals surface area contributed by atoms with Gasteiger partial charge in [-0.1, -0.05) is 26.3 Å². The fourth-order valence-corrected chi connectivity index (χ4v) is 1.33. The summed E-state index contributed by atoms with van der Waals surface area (Å²) >= 11 is 0. The van der Waals surface area contributed by atoms with Crippen LogP contribution in [0.1, 0.15) is 20.3 Å². The Morgan fingerprint density at radius 1 is 1.62 bits per heavy atom. The van der Waals surface area contributed by atoms with E-state index in [9.17, 15) is 13.2 Å². The normalized spacial score (nSPS) is 15.5. The fraction of sp³-hybridized carbons (Fsp3) is 0.571. The van der Waals surface area contributed by atoms with E-state index in [0.29, 0.717) is 6.42 Å². The largest absolute Gasteiger partial charge is 0.365 e. The zero-order chi connectivity index (χ0) is 10.6. The lowest BCUT2D eigenvalue weighted by Gasteiger charge is -2.03. The van der Waals surface area contributed by atoms with Crippen molar-refractivity contribution < 1.29 is 17.8 Å². The third-order valence-electron chi connectivity index (χ3n) is 1.60. The van der Waals surface area contributed by atoms with E-state index in [1.54, 1.807) is 6.92 Å². The van der Waals surface area contributed by atoms with Crippen molar-refractivity contribution >= 4 is 16.0 Å². The summed E-state index contributed by atoms with van der Waals surface area (Å²) in [4.78, 5) is 9.88. The molecule has 1 unspecified atom stereocenters. The molecule has 1 amide bonds. The van der Waals surface area contributed by atoms with Crippen LogP contribution in [0.25, 0.3) is 0 Å². The molecule has 0 heterocycles.